The molecule has 5 heavy (non-hydrogen) atoms. The van der Waals surface area contributed by atoms with Crippen molar-refractivity contribution in [1.29, 1.82) is 0 Å². The van der Waals surface area contributed by atoms with Gasteiger partial charge in [-0.25, -0.2) is 0 Å². The largest absolute Gasteiger partial charge is 2.00 e. The van der Waals surface area contributed by atoms with Crippen molar-refractivity contribution < 1.29 is 59.1 Å². The molecule has 0 atom stereocenters. The van der Waals surface area contributed by atoms with Gasteiger partial charge in [0.1, 0.15) is 0 Å². The van der Waals surface area contributed by atoms with Crippen molar-refractivity contribution in [3.63, 3.8) is 0 Å². The first-order valence-electron chi connectivity index (χ1n) is 0. The Kier molecular flexibility index (Phi) is 373. The fraction of sp³-hybridized carbons (Fsp3) is 0. The molecule has 0 aromatic rings. The predicted octanol–water partition coefficient (Wildman–Crippen LogP) is -12.4. The fourth-order valence-corrected chi connectivity index (χ4v) is 0. The second kappa shape index (κ2) is 33.7. The monoisotopic (exact) mass is 136 g/mol. The molecule has 0 N–H and O–H groups in total. The number of halogens is 3. The zero-order valence-electron chi connectivity index (χ0n) is 2.84. The minimum absolute atomic E-state index is 0. The molecule has 0 rings (SSSR count). The summed E-state index contributed by atoms with van der Waals surface area (Å²) in [6, 6.07) is 0. The SMILES string of the molecule is [Cl-].[Cl-].[F-].[Mg+2].[Na+]. The minimum Gasteiger partial charge on any atom is -1.00 e. The third-order valence-electron chi connectivity index (χ3n) is 0. The summed E-state index contributed by atoms with van der Waals surface area (Å²) in [6.07, 6.45) is 0. The Morgan fingerprint density at radius 2 is 0.800 bits per heavy atom. The molecule has 0 amide bonds. The average molecular weight is 137 g/mol. The summed E-state index contributed by atoms with van der Waals surface area (Å²) >= 11 is 0. The van der Waals surface area contributed by atoms with Gasteiger partial charge in [-0.1, -0.05) is 0 Å². The van der Waals surface area contributed by atoms with Crippen LogP contribution in [-0.4, -0.2) is 23.1 Å². The Hall–Kier alpha value is 2.28. The fourth-order valence-electron chi connectivity index (χ4n) is 0. The maximum atomic E-state index is 0. The molecule has 0 aliphatic rings. The van der Waals surface area contributed by atoms with E-state index in [4.69, 9.17) is 0 Å². The Morgan fingerprint density at radius 1 is 0.800 bits per heavy atom. The summed E-state index contributed by atoms with van der Waals surface area (Å²) in [5.74, 6) is 0. The first-order chi connectivity index (χ1) is 0. The molecule has 24 valence electrons. The van der Waals surface area contributed by atoms with Gasteiger partial charge in [0.05, 0.1) is 0 Å². The zero-order valence-corrected chi connectivity index (χ0v) is 7.77. The van der Waals surface area contributed by atoms with Gasteiger partial charge in [-0.15, -0.1) is 0 Å². The average Bonchev–Trinajstić information content (AvgIpc) is 0. The van der Waals surface area contributed by atoms with Crippen LogP contribution in [0.5, 0.6) is 0 Å². The van der Waals surface area contributed by atoms with E-state index in [-0.39, 0.29) is 82.1 Å². The van der Waals surface area contributed by atoms with Crippen molar-refractivity contribution in [3.05, 3.63) is 0 Å². The molecule has 0 saturated heterocycles. The Morgan fingerprint density at radius 3 is 0.800 bits per heavy atom. The Balaban J connectivity index is 0. The van der Waals surface area contributed by atoms with E-state index >= 15 is 0 Å². The summed E-state index contributed by atoms with van der Waals surface area (Å²) in [6.45, 7) is 0. The second-order valence-electron chi connectivity index (χ2n) is 0. The van der Waals surface area contributed by atoms with E-state index < -0.39 is 0 Å². The maximum Gasteiger partial charge on any atom is 2.00 e. The van der Waals surface area contributed by atoms with Crippen LogP contribution in [0.4, 0.5) is 0 Å². The molecule has 0 heterocycles. The van der Waals surface area contributed by atoms with Crippen LogP contribution in [-0.2, 0) is 0 Å². The first kappa shape index (κ1) is 55.3. The van der Waals surface area contributed by atoms with Gasteiger partial charge in [-0.05, 0) is 0 Å². The summed E-state index contributed by atoms with van der Waals surface area (Å²) < 4.78 is 0. The van der Waals surface area contributed by atoms with Gasteiger partial charge in [0.15, 0.2) is 0 Å². The van der Waals surface area contributed by atoms with Crippen LogP contribution in [0.3, 0.4) is 0 Å². The van der Waals surface area contributed by atoms with Gasteiger partial charge in [-0.2, -0.15) is 0 Å². The Bertz CT molecular complexity index is 9.61. The number of rotatable bonds is 0. The van der Waals surface area contributed by atoms with Crippen LogP contribution in [0.2, 0.25) is 0 Å². The molecular weight excluding hydrogens is 137 g/mol. The standard InChI is InChI=1S/2ClH.FH.Mg.Na/h3*1H;;/q;;;+2;+1/p-3. The van der Waals surface area contributed by atoms with E-state index in [1.165, 1.54) is 0 Å². The van der Waals surface area contributed by atoms with Crippen LogP contribution in [0, 0.1) is 0 Å². The van der Waals surface area contributed by atoms with Crippen LogP contribution in [0.15, 0.2) is 0 Å². The quantitative estimate of drug-likeness (QED) is 0.291. The molecule has 0 aliphatic carbocycles. The van der Waals surface area contributed by atoms with E-state index in [0.29, 0.717) is 0 Å². The zero-order chi connectivity index (χ0) is 0. The van der Waals surface area contributed by atoms with Gasteiger partial charge < -0.3 is 29.5 Å². The summed E-state index contributed by atoms with van der Waals surface area (Å²) in [5, 5.41) is 0. The molecule has 0 aromatic carbocycles. The predicted molar refractivity (Wildman–Crippen MR) is 5.75 cm³/mol. The van der Waals surface area contributed by atoms with Gasteiger partial charge in [0, 0.05) is 0 Å². The molecule has 0 saturated carbocycles. The van der Waals surface area contributed by atoms with Crippen molar-refractivity contribution in [2.45, 2.75) is 0 Å². The number of hydrogen-bond acceptors (Lipinski definition) is 0. The second-order valence-corrected chi connectivity index (χ2v) is 0. The first-order valence-corrected chi connectivity index (χ1v) is 0. The molecule has 0 nitrogen and oxygen atoms in total. The van der Waals surface area contributed by atoms with Gasteiger partial charge in [0.25, 0.3) is 0 Å². The smallest absolute Gasteiger partial charge is 1.00 e. The summed E-state index contributed by atoms with van der Waals surface area (Å²) in [4.78, 5) is 0. The van der Waals surface area contributed by atoms with Gasteiger partial charge >= 0.3 is 52.6 Å². The van der Waals surface area contributed by atoms with E-state index in [1.807, 2.05) is 0 Å². The molecule has 0 radical (unpaired) electrons. The van der Waals surface area contributed by atoms with Crippen molar-refractivity contribution in [1.82, 2.24) is 0 Å². The van der Waals surface area contributed by atoms with Crippen molar-refractivity contribution in [2.24, 2.45) is 0 Å². The van der Waals surface area contributed by atoms with E-state index in [0.717, 1.165) is 0 Å². The van der Waals surface area contributed by atoms with Gasteiger partial charge in [-0.3, -0.25) is 0 Å². The van der Waals surface area contributed by atoms with Crippen molar-refractivity contribution >= 4 is 23.1 Å². The van der Waals surface area contributed by atoms with Crippen LogP contribution >= 0.6 is 0 Å². The van der Waals surface area contributed by atoms with Crippen molar-refractivity contribution in [3.8, 4) is 0 Å². The molecule has 0 aromatic heterocycles. The molecule has 0 bridgehead atoms. The van der Waals surface area contributed by atoms with Crippen LogP contribution in [0.25, 0.3) is 0 Å². The number of hydrogen-bond donors (Lipinski definition) is 0. The molecule has 0 fully saturated rings. The molecule has 0 spiro atoms. The van der Waals surface area contributed by atoms with Crippen molar-refractivity contribution in [2.75, 3.05) is 0 Å². The Labute approximate surface area is 81.1 Å². The van der Waals surface area contributed by atoms with E-state index in [9.17, 15) is 0 Å². The van der Waals surface area contributed by atoms with Gasteiger partial charge in [0.2, 0.25) is 0 Å². The van der Waals surface area contributed by atoms with Crippen LogP contribution < -0.4 is 59.1 Å². The van der Waals surface area contributed by atoms with E-state index in [2.05, 4.69) is 0 Å². The summed E-state index contributed by atoms with van der Waals surface area (Å²) in [7, 11) is 0. The molecule has 0 unspecified atom stereocenters. The van der Waals surface area contributed by atoms with Crippen LogP contribution in [0.1, 0.15) is 0 Å². The topological polar surface area (TPSA) is 0 Å². The maximum absolute atomic E-state index is 0. The molecular formula is Cl2FMgNa. The molecule has 0 aliphatic heterocycles. The third-order valence-corrected chi connectivity index (χ3v) is 0. The van der Waals surface area contributed by atoms with E-state index in [1.54, 1.807) is 0 Å². The summed E-state index contributed by atoms with van der Waals surface area (Å²) in [5.41, 5.74) is 0. The minimum atomic E-state index is 0. The third kappa shape index (κ3) is 22.2. The normalized spacial score (nSPS) is 0. The molecule has 5 heteroatoms.